The van der Waals surface area contributed by atoms with E-state index in [1.165, 1.54) is 6.07 Å². The van der Waals surface area contributed by atoms with Gasteiger partial charge < -0.3 is 10.6 Å². The van der Waals surface area contributed by atoms with Crippen molar-refractivity contribution >= 4 is 11.6 Å². The number of primary amides is 1. The van der Waals surface area contributed by atoms with Gasteiger partial charge >= 0.3 is 0 Å². The molecular formula is C11H15FN2O. The van der Waals surface area contributed by atoms with E-state index in [4.69, 9.17) is 5.73 Å². The monoisotopic (exact) mass is 210 g/mol. The Bertz CT molecular complexity index is 364. The van der Waals surface area contributed by atoms with E-state index in [9.17, 15) is 9.18 Å². The van der Waals surface area contributed by atoms with Crippen molar-refractivity contribution in [2.45, 2.75) is 12.8 Å². The number of carbonyl (C=O) groups excluding carboxylic acids is 1. The number of benzene rings is 1. The molecule has 0 aliphatic carbocycles. The van der Waals surface area contributed by atoms with E-state index in [2.05, 4.69) is 0 Å². The third kappa shape index (κ3) is 2.94. The molecule has 1 aromatic carbocycles. The molecule has 15 heavy (non-hydrogen) atoms. The Hall–Kier alpha value is -1.58. The van der Waals surface area contributed by atoms with Gasteiger partial charge in [0.25, 0.3) is 0 Å². The maximum absolute atomic E-state index is 13.5. The molecular weight excluding hydrogens is 195 g/mol. The largest absolute Gasteiger partial charge is 0.375 e. The fourth-order valence-electron chi connectivity index (χ4n) is 1.52. The summed E-state index contributed by atoms with van der Waals surface area (Å²) < 4.78 is 13.5. The highest BCUT2D eigenvalue weighted by Crippen LogP contribution is 2.23. The number of aryl methyl sites for hydroxylation is 1. The maximum Gasteiger partial charge on any atom is 0.217 e. The summed E-state index contributed by atoms with van der Waals surface area (Å²) in [5.41, 5.74) is 6.39. The molecule has 2 N–H and O–H groups in total. The first-order chi connectivity index (χ1) is 7.02. The second-order valence-electron chi connectivity index (χ2n) is 3.61. The van der Waals surface area contributed by atoms with Gasteiger partial charge in [0.05, 0.1) is 5.69 Å². The number of para-hydroxylation sites is 1. The zero-order chi connectivity index (χ0) is 11.4. The molecule has 0 unspecified atom stereocenters. The SMILES string of the molecule is CN(C)c1c(F)cccc1CCC(N)=O. The number of rotatable bonds is 4. The molecule has 0 saturated carbocycles. The van der Waals surface area contributed by atoms with Gasteiger partial charge in [0.15, 0.2) is 0 Å². The first-order valence-electron chi connectivity index (χ1n) is 4.75. The molecule has 0 heterocycles. The third-order valence-electron chi connectivity index (χ3n) is 2.16. The number of hydrogen-bond donors (Lipinski definition) is 1. The van der Waals surface area contributed by atoms with Crippen LogP contribution in [0.3, 0.4) is 0 Å². The first kappa shape index (κ1) is 11.5. The standard InChI is InChI=1S/C11H15FN2O/c1-14(2)11-8(6-7-10(13)15)4-3-5-9(11)12/h3-5H,6-7H2,1-2H3,(H2,13,15). The number of halogens is 1. The Morgan fingerprint density at radius 2 is 2.13 bits per heavy atom. The van der Waals surface area contributed by atoms with Gasteiger partial charge in [-0.3, -0.25) is 4.79 Å². The zero-order valence-corrected chi connectivity index (χ0v) is 8.96. The van der Waals surface area contributed by atoms with Gasteiger partial charge in [-0.05, 0) is 18.1 Å². The highest BCUT2D eigenvalue weighted by atomic mass is 19.1. The van der Waals surface area contributed by atoms with Crippen molar-refractivity contribution in [1.29, 1.82) is 0 Å². The summed E-state index contributed by atoms with van der Waals surface area (Å²) in [6.07, 6.45) is 0.713. The Kier molecular flexibility index (Phi) is 3.66. The number of nitrogens with two attached hydrogens (primary N) is 1. The average molecular weight is 210 g/mol. The van der Waals surface area contributed by atoms with Gasteiger partial charge in [-0.1, -0.05) is 12.1 Å². The second kappa shape index (κ2) is 4.77. The highest BCUT2D eigenvalue weighted by Gasteiger charge is 2.10. The summed E-state index contributed by atoms with van der Waals surface area (Å²) in [6, 6.07) is 4.85. The summed E-state index contributed by atoms with van der Waals surface area (Å²) in [5.74, 6) is -0.647. The molecule has 0 aliphatic rings. The molecule has 0 aliphatic heterocycles. The van der Waals surface area contributed by atoms with Gasteiger partial charge in [0, 0.05) is 20.5 Å². The van der Waals surface area contributed by atoms with E-state index < -0.39 is 0 Å². The van der Waals surface area contributed by atoms with Gasteiger partial charge in [-0.25, -0.2) is 4.39 Å². The Labute approximate surface area is 88.7 Å². The van der Waals surface area contributed by atoms with Crippen LogP contribution in [0.2, 0.25) is 0 Å². The average Bonchev–Trinajstić information content (AvgIpc) is 2.13. The fourth-order valence-corrected chi connectivity index (χ4v) is 1.52. The van der Waals surface area contributed by atoms with Crippen molar-refractivity contribution in [2.75, 3.05) is 19.0 Å². The smallest absolute Gasteiger partial charge is 0.217 e. The minimum Gasteiger partial charge on any atom is -0.375 e. The van der Waals surface area contributed by atoms with Gasteiger partial charge in [0.2, 0.25) is 5.91 Å². The molecule has 3 nitrogen and oxygen atoms in total. The van der Waals surface area contributed by atoms with Crippen LogP contribution in [0.4, 0.5) is 10.1 Å². The molecule has 0 aromatic heterocycles. The van der Waals surface area contributed by atoms with E-state index in [1.54, 1.807) is 31.1 Å². The van der Waals surface area contributed by atoms with Crippen molar-refractivity contribution in [1.82, 2.24) is 0 Å². The molecule has 1 rings (SSSR count). The van der Waals surface area contributed by atoms with Crippen molar-refractivity contribution in [2.24, 2.45) is 5.73 Å². The van der Waals surface area contributed by atoms with Crippen molar-refractivity contribution in [3.8, 4) is 0 Å². The number of carbonyl (C=O) groups is 1. The van der Waals surface area contributed by atoms with Crippen LogP contribution in [-0.2, 0) is 11.2 Å². The minimum absolute atomic E-state index is 0.240. The van der Waals surface area contributed by atoms with Crippen LogP contribution in [-0.4, -0.2) is 20.0 Å². The first-order valence-corrected chi connectivity index (χ1v) is 4.75. The lowest BCUT2D eigenvalue weighted by atomic mass is 10.1. The molecule has 4 heteroatoms. The fraction of sp³-hybridized carbons (Fsp3) is 0.364. The molecule has 1 aromatic rings. The molecule has 0 saturated heterocycles. The minimum atomic E-state index is -0.371. The van der Waals surface area contributed by atoms with Crippen LogP contribution in [0.15, 0.2) is 18.2 Å². The summed E-state index contributed by atoms with van der Waals surface area (Å²) in [7, 11) is 3.54. The van der Waals surface area contributed by atoms with E-state index in [-0.39, 0.29) is 18.1 Å². The lowest BCUT2D eigenvalue weighted by Crippen LogP contribution is -2.16. The predicted molar refractivity (Wildman–Crippen MR) is 58.2 cm³/mol. The molecule has 82 valence electrons. The molecule has 0 spiro atoms. The van der Waals surface area contributed by atoms with Crippen molar-refractivity contribution < 1.29 is 9.18 Å². The summed E-state index contributed by atoms with van der Waals surface area (Å²) in [4.78, 5) is 12.4. The molecule has 0 fully saturated rings. The van der Waals surface area contributed by atoms with Crippen molar-refractivity contribution in [3.63, 3.8) is 0 Å². The quantitative estimate of drug-likeness (QED) is 0.814. The number of anilines is 1. The van der Waals surface area contributed by atoms with Crippen LogP contribution >= 0.6 is 0 Å². The zero-order valence-electron chi connectivity index (χ0n) is 8.96. The van der Waals surface area contributed by atoms with E-state index in [0.717, 1.165) is 5.56 Å². The summed E-state index contributed by atoms with van der Waals surface area (Å²) in [5, 5.41) is 0. The summed E-state index contributed by atoms with van der Waals surface area (Å²) >= 11 is 0. The van der Waals surface area contributed by atoms with E-state index >= 15 is 0 Å². The van der Waals surface area contributed by atoms with Crippen LogP contribution in [0, 0.1) is 5.82 Å². The van der Waals surface area contributed by atoms with Crippen LogP contribution in [0.25, 0.3) is 0 Å². The van der Waals surface area contributed by atoms with E-state index in [0.29, 0.717) is 12.1 Å². The van der Waals surface area contributed by atoms with Crippen LogP contribution in [0.1, 0.15) is 12.0 Å². The molecule has 0 bridgehead atoms. The Balaban J connectivity index is 2.95. The lowest BCUT2D eigenvalue weighted by molar-refractivity contribution is -0.117. The van der Waals surface area contributed by atoms with Crippen LogP contribution in [0.5, 0.6) is 0 Å². The molecule has 0 radical (unpaired) electrons. The lowest BCUT2D eigenvalue weighted by Gasteiger charge is -2.17. The normalized spacial score (nSPS) is 10.1. The van der Waals surface area contributed by atoms with Gasteiger partial charge in [-0.2, -0.15) is 0 Å². The summed E-state index contributed by atoms with van der Waals surface area (Å²) in [6.45, 7) is 0. The Morgan fingerprint density at radius 3 is 2.67 bits per heavy atom. The predicted octanol–water partition coefficient (Wildman–Crippen LogP) is 1.31. The number of amides is 1. The highest BCUT2D eigenvalue weighted by molar-refractivity contribution is 5.74. The number of hydrogen-bond acceptors (Lipinski definition) is 2. The molecule has 1 amide bonds. The van der Waals surface area contributed by atoms with Crippen molar-refractivity contribution in [3.05, 3.63) is 29.6 Å². The second-order valence-corrected chi connectivity index (χ2v) is 3.61. The van der Waals surface area contributed by atoms with E-state index in [1.807, 2.05) is 0 Å². The van der Waals surface area contributed by atoms with Gasteiger partial charge in [0.1, 0.15) is 5.82 Å². The maximum atomic E-state index is 13.5. The third-order valence-corrected chi connectivity index (χ3v) is 2.16. The van der Waals surface area contributed by atoms with Crippen LogP contribution < -0.4 is 10.6 Å². The molecule has 0 atom stereocenters. The Morgan fingerprint density at radius 1 is 1.47 bits per heavy atom. The van der Waals surface area contributed by atoms with Gasteiger partial charge in [-0.15, -0.1) is 0 Å². The number of nitrogens with zero attached hydrogens (tertiary/aromatic N) is 1. The topological polar surface area (TPSA) is 46.3 Å².